The van der Waals surface area contributed by atoms with Crippen LogP contribution >= 0.6 is 12.2 Å². The van der Waals surface area contributed by atoms with Crippen molar-refractivity contribution in [1.29, 1.82) is 0 Å². The van der Waals surface area contributed by atoms with Gasteiger partial charge in [-0.3, -0.25) is 14.3 Å². The molecule has 0 amide bonds. The minimum absolute atomic E-state index is 0.0617. The molecule has 0 saturated carbocycles. The number of fused-ring (bicyclic) bond motifs is 1. The summed E-state index contributed by atoms with van der Waals surface area (Å²) in [6, 6.07) is 10.1. The van der Waals surface area contributed by atoms with Gasteiger partial charge in [-0.1, -0.05) is 12.1 Å². The summed E-state index contributed by atoms with van der Waals surface area (Å²) < 4.78 is 34.6. The van der Waals surface area contributed by atoms with Crippen molar-refractivity contribution in [2.75, 3.05) is 0 Å². The van der Waals surface area contributed by atoms with Crippen molar-refractivity contribution in [3.05, 3.63) is 74.5 Å². The molecule has 0 atom stereocenters. The van der Waals surface area contributed by atoms with E-state index in [0.717, 1.165) is 11.1 Å². The summed E-state index contributed by atoms with van der Waals surface area (Å²) in [6.07, 6.45) is -1.44. The first-order chi connectivity index (χ1) is 13.4. The summed E-state index contributed by atoms with van der Waals surface area (Å²) in [7, 11) is 0. The largest absolute Gasteiger partial charge is 0.463 e. The minimum atomic E-state index is -2.87. The second-order valence-electron chi connectivity index (χ2n) is 6.46. The lowest BCUT2D eigenvalue weighted by Crippen LogP contribution is -2.17. The molecule has 1 aromatic carbocycles. The van der Waals surface area contributed by atoms with Crippen LogP contribution in [-0.2, 0) is 0 Å². The molecule has 0 unspecified atom stereocenters. The highest BCUT2D eigenvalue weighted by atomic mass is 32.1. The Balaban J connectivity index is 2.21. The van der Waals surface area contributed by atoms with E-state index >= 15 is 0 Å². The number of nitrogens with one attached hydrogen (secondary N) is 1. The molecule has 28 heavy (non-hydrogen) atoms. The van der Waals surface area contributed by atoms with Crippen molar-refractivity contribution in [2.45, 2.75) is 20.3 Å². The first kappa shape index (κ1) is 18.2. The van der Waals surface area contributed by atoms with Crippen LogP contribution in [0.3, 0.4) is 0 Å². The van der Waals surface area contributed by atoms with E-state index in [1.807, 2.05) is 32.0 Å². The number of pyridine rings is 1. The zero-order valence-corrected chi connectivity index (χ0v) is 15.8. The number of hydrogen-bond donors (Lipinski definition) is 1. The highest BCUT2D eigenvalue weighted by Gasteiger charge is 2.22. The van der Waals surface area contributed by atoms with Crippen LogP contribution in [0.25, 0.3) is 28.2 Å². The molecular formula is C20H15F2N3O2S. The van der Waals surface area contributed by atoms with Crippen LogP contribution in [0.1, 0.15) is 23.1 Å². The molecule has 142 valence electrons. The van der Waals surface area contributed by atoms with Crippen LogP contribution in [0.5, 0.6) is 0 Å². The molecule has 3 heterocycles. The number of alkyl halides is 2. The van der Waals surface area contributed by atoms with E-state index in [-0.39, 0.29) is 21.5 Å². The fraction of sp³-hybridized carbons (Fsp3) is 0.150. The van der Waals surface area contributed by atoms with Crippen LogP contribution in [0.15, 0.2) is 51.9 Å². The van der Waals surface area contributed by atoms with Crippen molar-refractivity contribution in [2.24, 2.45) is 0 Å². The normalized spacial score (nSPS) is 11.5. The van der Waals surface area contributed by atoms with E-state index in [2.05, 4.69) is 9.97 Å². The number of aromatic nitrogens is 3. The molecule has 4 rings (SSSR count). The van der Waals surface area contributed by atoms with Gasteiger partial charge in [-0.15, -0.1) is 0 Å². The van der Waals surface area contributed by atoms with Gasteiger partial charge >= 0.3 is 0 Å². The SMILES string of the molecule is Cc1ccc(C)c(-n2c(=S)[nH]c(=O)c3c(C(F)F)cc(-c4ccco4)nc32)c1. The maximum Gasteiger partial charge on any atom is 0.264 e. The van der Waals surface area contributed by atoms with Crippen molar-refractivity contribution in [3.8, 4) is 17.1 Å². The minimum Gasteiger partial charge on any atom is -0.463 e. The molecule has 0 radical (unpaired) electrons. The van der Waals surface area contributed by atoms with Crippen LogP contribution in [0.4, 0.5) is 8.78 Å². The van der Waals surface area contributed by atoms with Crippen molar-refractivity contribution >= 4 is 23.3 Å². The van der Waals surface area contributed by atoms with Crippen molar-refractivity contribution in [1.82, 2.24) is 14.5 Å². The first-order valence-electron chi connectivity index (χ1n) is 8.46. The van der Waals surface area contributed by atoms with Gasteiger partial charge in [0.05, 0.1) is 17.3 Å². The third-order valence-electron chi connectivity index (χ3n) is 4.51. The number of aryl methyl sites for hydroxylation is 2. The van der Waals surface area contributed by atoms with Gasteiger partial charge in [0.25, 0.3) is 12.0 Å². The highest BCUT2D eigenvalue weighted by molar-refractivity contribution is 7.71. The predicted molar refractivity (Wildman–Crippen MR) is 105 cm³/mol. The monoisotopic (exact) mass is 399 g/mol. The quantitative estimate of drug-likeness (QED) is 0.478. The Morgan fingerprint density at radius 1 is 1.21 bits per heavy atom. The molecule has 8 heteroatoms. The summed E-state index contributed by atoms with van der Waals surface area (Å²) in [5.74, 6) is 0.322. The summed E-state index contributed by atoms with van der Waals surface area (Å²) in [5.41, 5.74) is 1.62. The molecule has 0 fully saturated rings. The second-order valence-corrected chi connectivity index (χ2v) is 6.84. The zero-order valence-electron chi connectivity index (χ0n) is 15.0. The molecule has 5 nitrogen and oxygen atoms in total. The van der Waals surface area contributed by atoms with Crippen LogP contribution in [0, 0.1) is 18.6 Å². The lowest BCUT2D eigenvalue weighted by atomic mass is 10.1. The molecule has 0 aliphatic rings. The topological polar surface area (TPSA) is 63.8 Å². The van der Waals surface area contributed by atoms with Crippen molar-refractivity contribution < 1.29 is 13.2 Å². The van der Waals surface area contributed by atoms with Crippen molar-refractivity contribution in [3.63, 3.8) is 0 Å². The van der Waals surface area contributed by atoms with Gasteiger partial charge in [-0.2, -0.15) is 0 Å². The Morgan fingerprint density at radius 2 is 2.00 bits per heavy atom. The van der Waals surface area contributed by atoms with E-state index in [9.17, 15) is 13.6 Å². The number of aromatic amines is 1. The highest BCUT2D eigenvalue weighted by Crippen LogP contribution is 2.31. The molecular weight excluding hydrogens is 384 g/mol. The van der Waals surface area contributed by atoms with Gasteiger partial charge in [-0.05, 0) is 61.5 Å². The number of furan rings is 1. The van der Waals surface area contributed by atoms with Gasteiger partial charge in [-0.25, -0.2) is 13.8 Å². The van der Waals surface area contributed by atoms with Gasteiger partial charge in [0.2, 0.25) is 0 Å². The number of rotatable bonds is 3. The number of hydrogen-bond acceptors (Lipinski definition) is 4. The van der Waals surface area contributed by atoms with Crippen LogP contribution in [-0.4, -0.2) is 14.5 Å². The maximum atomic E-state index is 13.8. The Labute approximate surface area is 163 Å². The Bertz CT molecular complexity index is 1310. The second kappa shape index (κ2) is 6.79. The summed E-state index contributed by atoms with van der Waals surface area (Å²) in [4.78, 5) is 19.5. The smallest absolute Gasteiger partial charge is 0.264 e. The van der Waals surface area contributed by atoms with Gasteiger partial charge in [0.1, 0.15) is 5.69 Å². The van der Waals surface area contributed by atoms with Crippen LogP contribution < -0.4 is 5.56 Å². The van der Waals surface area contributed by atoms with Gasteiger partial charge in [0, 0.05) is 5.56 Å². The Hall–Kier alpha value is -3.13. The third kappa shape index (κ3) is 2.95. The van der Waals surface area contributed by atoms with E-state index in [1.54, 1.807) is 12.1 Å². The van der Waals surface area contributed by atoms with E-state index < -0.39 is 17.5 Å². The summed E-state index contributed by atoms with van der Waals surface area (Å²) in [5, 5.41) is -0.195. The fourth-order valence-corrected chi connectivity index (χ4v) is 3.44. The molecule has 0 aliphatic carbocycles. The van der Waals surface area contributed by atoms with E-state index in [0.29, 0.717) is 11.4 Å². The predicted octanol–water partition coefficient (Wildman–Crippen LogP) is 5.26. The Kier molecular flexibility index (Phi) is 4.43. The number of halogens is 2. The van der Waals surface area contributed by atoms with Gasteiger partial charge < -0.3 is 4.42 Å². The molecule has 0 aliphatic heterocycles. The third-order valence-corrected chi connectivity index (χ3v) is 4.79. The fourth-order valence-electron chi connectivity index (χ4n) is 3.16. The summed E-state index contributed by atoms with van der Waals surface area (Å²) >= 11 is 5.36. The molecule has 0 saturated heterocycles. The van der Waals surface area contributed by atoms with Crippen LogP contribution in [0.2, 0.25) is 0 Å². The molecule has 4 aromatic rings. The average Bonchev–Trinajstić information content (AvgIpc) is 3.18. The number of benzene rings is 1. The average molecular weight is 399 g/mol. The first-order valence-corrected chi connectivity index (χ1v) is 8.87. The summed E-state index contributed by atoms with van der Waals surface area (Å²) in [6.45, 7) is 3.78. The van der Waals surface area contributed by atoms with E-state index in [1.165, 1.54) is 16.9 Å². The molecule has 3 aromatic heterocycles. The molecule has 0 bridgehead atoms. The zero-order chi connectivity index (χ0) is 20.0. The van der Waals surface area contributed by atoms with Gasteiger partial charge in [0.15, 0.2) is 16.2 Å². The lowest BCUT2D eigenvalue weighted by molar-refractivity contribution is 0.153. The molecule has 0 spiro atoms. The standard InChI is InChI=1S/C20H15F2N3O2S/c1-10-5-6-11(2)14(8-10)25-18-16(19(26)24-20(25)28)12(17(21)22)9-13(23-18)15-4-3-7-27-15/h3-9,17H,1-2H3,(H,24,26,28). The number of nitrogens with zero attached hydrogens (tertiary/aromatic N) is 2. The Morgan fingerprint density at radius 3 is 2.68 bits per heavy atom. The number of H-pyrrole nitrogens is 1. The lowest BCUT2D eigenvalue weighted by Gasteiger charge is -2.16. The van der Waals surface area contributed by atoms with E-state index in [4.69, 9.17) is 16.6 Å². The molecule has 1 N–H and O–H groups in total. The maximum absolute atomic E-state index is 13.8.